The van der Waals surface area contributed by atoms with E-state index < -0.39 is 5.97 Å². The molecule has 2 aromatic heterocycles. The molecule has 9 heteroatoms. The van der Waals surface area contributed by atoms with Gasteiger partial charge in [0.1, 0.15) is 5.52 Å². The molecule has 3 heterocycles. The van der Waals surface area contributed by atoms with Crippen LogP contribution in [0.3, 0.4) is 0 Å². The molecule has 0 unspecified atom stereocenters. The van der Waals surface area contributed by atoms with Crippen molar-refractivity contribution in [3.63, 3.8) is 0 Å². The predicted molar refractivity (Wildman–Crippen MR) is 116 cm³/mol. The fourth-order valence-corrected chi connectivity index (χ4v) is 4.33. The largest absolute Gasteiger partial charge is 0.478 e. The Balaban J connectivity index is 0.00000218. The van der Waals surface area contributed by atoms with Crippen molar-refractivity contribution in [3.05, 3.63) is 45.9 Å². The van der Waals surface area contributed by atoms with E-state index >= 15 is 0 Å². The van der Waals surface area contributed by atoms with Crippen LogP contribution in [0.15, 0.2) is 29.2 Å². The van der Waals surface area contributed by atoms with Gasteiger partial charge in [0.25, 0.3) is 11.5 Å². The first-order chi connectivity index (χ1) is 14.0. The first kappa shape index (κ1) is 20.4. The van der Waals surface area contributed by atoms with E-state index in [1.807, 2.05) is 4.90 Å². The number of aromatic nitrogens is 2. The van der Waals surface area contributed by atoms with Crippen molar-refractivity contribution in [2.75, 3.05) is 13.1 Å². The molecule has 3 aromatic rings. The number of fused-ring (bicyclic) bond motifs is 3. The number of aromatic carboxylic acids is 1. The van der Waals surface area contributed by atoms with Crippen LogP contribution in [0.25, 0.3) is 21.8 Å². The molecule has 1 saturated heterocycles. The summed E-state index contributed by atoms with van der Waals surface area (Å²) in [7, 11) is 0. The molecule has 5 rings (SSSR count). The summed E-state index contributed by atoms with van der Waals surface area (Å²) in [6.45, 7) is 1.68. The molecule has 2 fully saturated rings. The molecular weight excluding hydrogens is 408 g/mol. The van der Waals surface area contributed by atoms with Crippen LogP contribution in [-0.4, -0.2) is 57.0 Å². The molecule has 1 amide bonds. The van der Waals surface area contributed by atoms with E-state index in [1.54, 1.807) is 18.2 Å². The normalized spacial score (nSPS) is 18.5. The van der Waals surface area contributed by atoms with Crippen LogP contribution in [0, 0.1) is 0 Å². The number of halogens is 1. The van der Waals surface area contributed by atoms with E-state index in [-0.39, 0.29) is 41.0 Å². The molecule has 0 spiro atoms. The second kappa shape index (κ2) is 7.77. The number of carboxylic acid groups (broad SMARTS) is 1. The minimum atomic E-state index is -1.12. The quantitative estimate of drug-likeness (QED) is 0.496. The first-order valence-corrected chi connectivity index (χ1v) is 9.97. The summed E-state index contributed by atoms with van der Waals surface area (Å²) in [6, 6.07) is 5.69. The van der Waals surface area contributed by atoms with Crippen LogP contribution < -0.4 is 10.9 Å². The van der Waals surface area contributed by atoms with Gasteiger partial charge in [0.2, 0.25) is 0 Å². The predicted octanol–water partition coefficient (Wildman–Crippen LogP) is 2.49. The molecule has 2 aliphatic rings. The number of carbonyl (C=O) groups is 2. The zero-order valence-corrected chi connectivity index (χ0v) is 17.1. The molecule has 0 bridgehead atoms. The van der Waals surface area contributed by atoms with Crippen molar-refractivity contribution in [1.82, 2.24) is 20.2 Å². The van der Waals surface area contributed by atoms with Gasteiger partial charge in [-0.25, -0.2) is 4.79 Å². The van der Waals surface area contributed by atoms with Gasteiger partial charge in [-0.1, -0.05) is 0 Å². The molecule has 30 heavy (non-hydrogen) atoms. The fraction of sp³-hybridized carbons (Fsp3) is 0.381. The summed E-state index contributed by atoms with van der Waals surface area (Å²) in [5.41, 5.74) is 0.861. The number of nitrogens with zero attached hydrogens (tertiary/aromatic N) is 1. The number of carboxylic acids is 1. The van der Waals surface area contributed by atoms with Gasteiger partial charge >= 0.3 is 5.97 Å². The topological polar surface area (TPSA) is 118 Å². The van der Waals surface area contributed by atoms with Crippen molar-refractivity contribution in [3.8, 4) is 0 Å². The molecular formula is C21H23ClN4O4. The SMILES string of the molecule is Cl.O=C(O)c1c[nH]c2c(=O)[nH]c3ccc(C(=O)N(C[C@@H]4CCCN4)C4CC4)cc3c12. The number of benzene rings is 1. The van der Waals surface area contributed by atoms with Crippen LogP contribution in [0.4, 0.5) is 0 Å². The summed E-state index contributed by atoms with van der Waals surface area (Å²) in [6.07, 6.45) is 5.55. The Morgan fingerprint density at radius 1 is 1.20 bits per heavy atom. The van der Waals surface area contributed by atoms with Gasteiger partial charge in [-0.2, -0.15) is 0 Å². The van der Waals surface area contributed by atoms with E-state index in [0.717, 1.165) is 32.2 Å². The molecule has 8 nitrogen and oxygen atoms in total. The summed E-state index contributed by atoms with van der Waals surface area (Å²) in [4.78, 5) is 44.7. The van der Waals surface area contributed by atoms with Crippen LogP contribution in [0.1, 0.15) is 46.4 Å². The number of aromatic amines is 2. The Hall–Kier alpha value is -2.84. The summed E-state index contributed by atoms with van der Waals surface area (Å²) in [5, 5.41) is 13.9. The number of nitrogens with one attached hydrogen (secondary N) is 3. The van der Waals surface area contributed by atoms with Gasteiger partial charge in [0.15, 0.2) is 0 Å². The minimum Gasteiger partial charge on any atom is -0.478 e. The Kier molecular flexibility index (Phi) is 5.29. The van der Waals surface area contributed by atoms with E-state index in [2.05, 4.69) is 15.3 Å². The lowest BCUT2D eigenvalue weighted by atomic mass is 10.0. The van der Waals surface area contributed by atoms with Crippen molar-refractivity contribution in [1.29, 1.82) is 0 Å². The van der Waals surface area contributed by atoms with E-state index in [9.17, 15) is 19.5 Å². The number of H-pyrrole nitrogens is 2. The van der Waals surface area contributed by atoms with Crippen molar-refractivity contribution >= 4 is 46.1 Å². The number of carbonyl (C=O) groups excluding carboxylic acids is 1. The van der Waals surface area contributed by atoms with Crippen molar-refractivity contribution in [2.24, 2.45) is 0 Å². The number of rotatable bonds is 5. The lowest BCUT2D eigenvalue weighted by Crippen LogP contribution is -2.42. The molecule has 0 radical (unpaired) electrons. The molecule has 1 aromatic carbocycles. The number of hydrogen-bond acceptors (Lipinski definition) is 4. The molecule has 4 N–H and O–H groups in total. The third-order valence-corrected chi connectivity index (χ3v) is 5.95. The van der Waals surface area contributed by atoms with Gasteiger partial charge in [0, 0.05) is 46.7 Å². The van der Waals surface area contributed by atoms with Crippen LogP contribution in [0.2, 0.25) is 0 Å². The fourth-order valence-electron chi connectivity index (χ4n) is 4.33. The molecule has 1 saturated carbocycles. The zero-order chi connectivity index (χ0) is 20.1. The van der Waals surface area contributed by atoms with Gasteiger partial charge in [-0.3, -0.25) is 9.59 Å². The molecule has 158 valence electrons. The Labute approximate surface area is 178 Å². The summed E-state index contributed by atoms with van der Waals surface area (Å²) in [5.74, 6) is -1.17. The number of hydrogen-bond donors (Lipinski definition) is 4. The van der Waals surface area contributed by atoms with Gasteiger partial charge in [-0.15, -0.1) is 12.4 Å². The summed E-state index contributed by atoms with van der Waals surface area (Å²) < 4.78 is 0. The Bertz CT molecular complexity index is 1190. The average molecular weight is 431 g/mol. The summed E-state index contributed by atoms with van der Waals surface area (Å²) >= 11 is 0. The standard InChI is InChI=1S/C21H22N4O4.ClH/c26-19-18-17(15(9-23-18)21(28)29)14-8-11(3-6-16(14)24-19)20(27)25(13-4-5-13)10-12-2-1-7-22-12;/h3,6,8-9,12-13,22-23H,1-2,4-5,7,10H2,(H,24,26)(H,28,29);1H/t12-;/m0./s1. The van der Waals surface area contributed by atoms with E-state index in [4.69, 9.17) is 0 Å². The Morgan fingerprint density at radius 2 is 2.00 bits per heavy atom. The maximum Gasteiger partial charge on any atom is 0.337 e. The highest BCUT2D eigenvalue weighted by Crippen LogP contribution is 2.31. The third kappa shape index (κ3) is 3.46. The highest BCUT2D eigenvalue weighted by Gasteiger charge is 2.35. The minimum absolute atomic E-state index is 0. The second-order valence-corrected chi connectivity index (χ2v) is 7.95. The zero-order valence-electron chi connectivity index (χ0n) is 16.2. The van der Waals surface area contributed by atoms with Crippen LogP contribution in [-0.2, 0) is 0 Å². The van der Waals surface area contributed by atoms with Crippen molar-refractivity contribution < 1.29 is 14.7 Å². The third-order valence-electron chi connectivity index (χ3n) is 5.95. The monoisotopic (exact) mass is 430 g/mol. The van der Waals surface area contributed by atoms with Gasteiger partial charge in [-0.05, 0) is 50.4 Å². The highest BCUT2D eigenvalue weighted by molar-refractivity contribution is 6.15. The van der Waals surface area contributed by atoms with Gasteiger partial charge in [0.05, 0.1) is 5.56 Å². The van der Waals surface area contributed by atoms with E-state index in [0.29, 0.717) is 34.4 Å². The van der Waals surface area contributed by atoms with Crippen LogP contribution in [0.5, 0.6) is 0 Å². The highest BCUT2D eigenvalue weighted by atomic mass is 35.5. The Morgan fingerprint density at radius 3 is 2.67 bits per heavy atom. The maximum atomic E-state index is 13.3. The lowest BCUT2D eigenvalue weighted by Gasteiger charge is -2.26. The first-order valence-electron chi connectivity index (χ1n) is 9.97. The van der Waals surface area contributed by atoms with Crippen molar-refractivity contribution in [2.45, 2.75) is 37.8 Å². The van der Waals surface area contributed by atoms with Gasteiger partial charge < -0.3 is 25.3 Å². The van der Waals surface area contributed by atoms with E-state index in [1.165, 1.54) is 6.20 Å². The van der Waals surface area contributed by atoms with Crippen LogP contribution >= 0.6 is 12.4 Å². The number of amides is 1. The lowest BCUT2D eigenvalue weighted by molar-refractivity contribution is 0.0697. The smallest absolute Gasteiger partial charge is 0.337 e. The average Bonchev–Trinajstić information content (AvgIpc) is 3.22. The second-order valence-electron chi connectivity index (χ2n) is 7.95. The maximum absolute atomic E-state index is 13.3. The molecule has 1 aliphatic carbocycles. The molecule has 1 aliphatic heterocycles. The number of pyridine rings is 1. The molecule has 1 atom stereocenters.